The molecule has 0 spiro atoms. The van der Waals surface area contributed by atoms with Crippen LogP contribution in [0.5, 0.6) is 0 Å². The van der Waals surface area contributed by atoms with Gasteiger partial charge in [0.2, 0.25) is 0 Å². The van der Waals surface area contributed by atoms with E-state index in [9.17, 15) is 67.0 Å². The third-order valence-corrected chi connectivity index (χ3v) is 11.1. The third kappa shape index (κ3) is 11.3. The van der Waals surface area contributed by atoms with Gasteiger partial charge < -0.3 is 0 Å². The Bertz CT molecular complexity index is 2350. The molecule has 0 amide bonds. The predicted octanol–water partition coefficient (Wildman–Crippen LogP) is 10.4. The molecule has 6 aromatic carbocycles. The van der Waals surface area contributed by atoms with Crippen molar-refractivity contribution in [3.05, 3.63) is 195 Å². The highest BCUT2D eigenvalue weighted by molar-refractivity contribution is 8.05. The Morgan fingerprint density at radius 3 is 1.08 bits per heavy atom. The molecule has 0 saturated carbocycles. The van der Waals surface area contributed by atoms with E-state index in [0.29, 0.717) is 48.5 Å². The van der Waals surface area contributed by atoms with Crippen molar-refractivity contribution in [1.82, 2.24) is 0 Å². The van der Waals surface area contributed by atoms with Crippen molar-refractivity contribution in [1.29, 1.82) is 0 Å². The first kappa shape index (κ1) is 46.7. The number of halogens is 12. The number of non-ortho nitro benzene ring substituents is 1. The SMILES string of the molecule is C[S+](=O)(C#Cc1ccccc1)Cc1ccc([N+](=O)[O-])cc1.FC(F)(F)c1ccc([B-](c2ccc(C(F)(F)F)cc2)(c2ccc(C(F)(F)F)cc2)c2ccc(C(F)(F)F)cc2)cc1. The zero-order valence-corrected chi connectivity index (χ0v) is 32.7. The number of alkyl halides is 12. The van der Waals surface area contributed by atoms with Gasteiger partial charge in [-0.1, -0.05) is 119 Å². The smallest absolute Gasteiger partial charge is 0.258 e. The second-order valence-corrected chi connectivity index (χ2v) is 16.5. The quantitative estimate of drug-likeness (QED) is 0.0401. The van der Waals surface area contributed by atoms with E-state index in [1.165, 1.54) is 12.1 Å². The van der Waals surface area contributed by atoms with Crippen molar-refractivity contribution in [2.45, 2.75) is 30.5 Å². The zero-order chi connectivity index (χ0) is 45.7. The second kappa shape index (κ2) is 17.9. The van der Waals surface area contributed by atoms with Crippen molar-refractivity contribution >= 4 is 43.6 Å². The fourth-order valence-electron chi connectivity index (χ4n) is 6.75. The van der Waals surface area contributed by atoms with E-state index in [1.54, 1.807) is 18.4 Å². The van der Waals surface area contributed by atoms with E-state index in [0.717, 1.165) is 59.7 Å². The summed E-state index contributed by atoms with van der Waals surface area (Å²) in [6.45, 7) is 0. The number of benzene rings is 6. The zero-order valence-electron chi connectivity index (χ0n) is 31.8. The number of hydrogen-bond donors (Lipinski definition) is 0. The normalized spacial score (nSPS) is 13.2. The number of nitrogens with zero attached hydrogens (tertiary/aromatic N) is 1. The van der Waals surface area contributed by atoms with Crippen LogP contribution in [0.1, 0.15) is 33.4 Å². The maximum absolute atomic E-state index is 13.3. The van der Waals surface area contributed by atoms with Crippen molar-refractivity contribution in [3.63, 3.8) is 0 Å². The van der Waals surface area contributed by atoms with Gasteiger partial charge in [-0.05, 0) is 30.2 Å². The summed E-state index contributed by atoms with van der Waals surface area (Å²) in [7, 11) is -2.35. The van der Waals surface area contributed by atoms with Gasteiger partial charge >= 0.3 is 24.7 Å². The molecule has 0 saturated heterocycles. The number of rotatable bonds is 7. The molecule has 0 aliphatic heterocycles. The molecule has 0 aliphatic rings. The highest BCUT2D eigenvalue weighted by Gasteiger charge is 2.38. The molecule has 0 radical (unpaired) electrons. The average molecular weight is 892 g/mol. The maximum Gasteiger partial charge on any atom is 0.416 e. The molecule has 0 N–H and O–H groups in total. The van der Waals surface area contributed by atoms with E-state index < -0.39 is 68.0 Å². The number of nitro groups is 1. The first-order chi connectivity index (χ1) is 28.8. The number of nitro benzene ring substituents is 1. The molecule has 0 fully saturated rings. The second-order valence-electron chi connectivity index (χ2n) is 14.0. The molecule has 1 atom stereocenters. The molecule has 0 heterocycles. The van der Waals surface area contributed by atoms with Crippen molar-refractivity contribution < 1.29 is 61.8 Å². The summed E-state index contributed by atoms with van der Waals surface area (Å²) in [6.07, 6.45) is -20.4. The lowest BCUT2D eigenvalue weighted by atomic mass is 9.13. The topological polar surface area (TPSA) is 60.2 Å². The highest BCUT2D eigenvalue weighted by atomic mass is 32.2. The predicted molar refractivity (Wildman–Crippen MR) is 214 cm³/mol. The van der Waals surface area contributed by atoms with Gasteiger partial charge in [-0.25, -0.2) is 0 Å². The summed E-state index contributed by atoms with van der Waals surface area (Å²) in [6, 6.07) is 29.0. The molecule has 6 aromatic rings. The van der Waals surface area contributed by atoms with E-state index in [1.807, 2.05) is 30.3 Å². The van der Waals surface area contributed by atoms with Gasteiger partial charge in [-0.2, -0.15) is 74.5 Å². The summed E-state index contributed by atoms with van der Waals surface area (Å²) < 4.78 is 173. The van der Waals surface area contributed by atoms with Crippen molar-refractivity contribution in [2.24, 2.45) is 0 Å². The van der Waals surface area contributed by atoms with Crippen LogP contribution in [0, 0.1) is 21.3 Å². The van der Waals surface area contributed by atoms with Crippen molar-refractivity contribution in [2.75, 3.05) is 6.26 Å². The average Bonchev–Trinajstić information content (AvgIpc) is 3.21. The Hall–Kier alpha value is -6.35. The molecule has 322 valence electrons. The van der Waals surface area contributed by atoms with Gasteiger partial charge in [-0.3, -0.25) is 10.1 Å². The molecule has 6 rings (SSSR count). The lowest BCUT2D eigenvalue weighted by Crippen LogP contribution is -2.74. The van der Waals surface area contributed by atoms with Crippen LogP contribution in [-0.4, -0.2) is 17.3 Å². The van der Waals surface area contributed by atoms with Gasteiger partial charge in [0.1, 0.15) is 18.2 Å². The minimum absolute atomic E-state index is 0.0114. The van der Waals surface area contributed by atoms with E-state index in [2.05, 4.69) is 11.2 Å². The minimum Gasteiger partial charge on any atom is -0.258 e. The summed E-state index contributed by atoms with van der Waals surface area (Å²) in [4.78, 5) is 10.1. The van der Waals surface area contributed by atoms with Crippen LogP contribution in [0.2, 0.25) is 0 Å². The molecule has 18 heteroatoms. The Labute approximate surface area is 347 Å². The van der Waals surface area contributed by atoms with Crippen LogP contribution in [0.15, 0.2) is 152 Å². The Morgan fingerprint density at radius 1 is 0.500 bits per heavy atom. The summed E-state index contributed by atoms with van der Waals surface area (Å²) >= 11 is 0. The van der Waals surface area contributed by atoms with Gasteiger partial charge in [0.05, 0.1) is 27.2 Å². The van der Waals surface area contributed by atoms with Gasteiger partial charge in [-0.15, -0.1) is 0 Å². The molecule has 4 nitrogen and oxygen atoms in total. The molecular weight excluding hydrogens is 861 g/mol. The fraction of sp³-hybridized carbons (Fsp3) is 0.136. The lowest BCUT2D eigenvalue weighted by Gasteiger charge is -2.44. The van der Waals surface area contributed by atoms with Crippen LogP contribution >= 0.6 is 0 Å². The minimum atomic E-state index is -4.77. The standard InChI is InChI=1S/C28H16BF12.C16H14NO3S/c30-25(31,32)17-1-9-21(10-2-17)29(22-11-3-18(4-12-22)26(33,34)35,23-13-5-19(6-14-23)27(36,37)38)24-15-7-20(8-16-24)28(39,40)41;1-21(20,12-11-14-5-3-2-4-6-14)13-15-7-9-16(10-8-15)17(18)19/h1-16H;2-10H,13H2,1H3/q-1;+1. The van der Waals surface area contributed by atoms with Crippen LogP contribution in [-0.2, 0) is 44.6 Å². The molecule has 0 aromatic heterocycles. The van der Waals surface area contributed by atoms with E-state index >= 15 is 0 Å². The van der Waals surface area contributed by atoms with Crippen LogP contribution in [0.25, 0.3) is 0 Å². The summed E-state index contributed by atoms with van der Waals surface area (Å²) in [5.74, 6) is 3.18. The highest BCUT2D eigenvalue weighted by Crippen LogP contribution is 2.32. The van der Waals surface area contributed by atoms with E-state index in [-0.39, 0.29) is 33.3 Å². The van der Waals surface area contributed by atoms with Crippen LogP contribution in [0.3, 0.4) is 0 Å². The molecule has 0 aliphatic carbocycles. The Balaban J connectivity index is 0.000000290. The summed E-state index contributed by atoms with van der Waals surface area (Å²) in [5.41, 5.74) is -2.68. The van der Waals surface area contributed by atoms with Gasteiger partial charge in [0, 0.05) is 23.3 Å². The largest absolute Gasteiger partial charge is 0.416 e. The van der Waals surface area contributed by atoms with Crippen LogP contribution < -0.4 is 21.9 Å². The lowest BCUT2D eigenvalue weighted by molar-refractivity contribution is -0.384. The van der Waals surface area contributed by atoms with Gasteiger partial charge in [0.15, 0.2) is 15.2 Å². The monoisotopic (exact) mass is 891 g/mol. The summed E-state index contributed by atoms with van der Waals surface area (Å²) in [5, 5.41) is 13.4. The van der Waals surface area contributed by atoms with Crippen LogP contribution in [0.4, 0.5) is 58.4 Å². The van der Waals surface area contributed by atoms with E-state index in [4.69, 9.17) is 0 Å². The molecule has 0 bridgehead atoms. The molecule has 1 unspecified atom stereocenters. The first-order valence-electron chi connectivity index (χ1n) is 18.0. The third-order valence-electron chi connectivity index (χ3n) is 9.73. The van der Waals surface area contributed by atoms with Crippen molar-refractivity contribution in [3.8, 4) is 11.2 Å². The molecular formula is C44H30BF12NO3S. The number of hydrogen-bond acceptors (Lipinski definition) is 3. The fourth-order valence-corrected chi connectivity index (χ4v) is 7.99. The first-order valence-corrected chi connectivity index (χ1v) is 20.1. The maximum atomic E-state index is 13.3. The Morgan fingerprint density at radius 2 is 0.806 bits per heavy atom. The molecule has 62 heavy (non-hydrogen) atoms. The Kier molecular flexibility index (Phi) is 13.5. The van der Waals surface area contributed by atoms with Gasteiger partial charge in [0.25, 0.3) is 5.69 Å².